The van der Waals surface area contributed by atoms with Crippen molar-refractivity contribution in [2.75, 3.05) is 32.6 Å². The Morgan fingerprint density at radius 3 is 2.66 bits per heavy atom. The van der Waals surface area contributed by atoms with Crippen LogP contribution in [0.2, 0.25) is 0 Å². The molecule has 8 heteroatoms. The Morgan fingerprint density at radius 2 is 1.94 bits per heavy atom. The molecule has 0 bridgehead atoms. The lowest BCUT2D eigenvalue weighted by molar-refractivity contribution is -0.142. The zero-order valence-electron chi connectivity index (χ0n) is 19.0. The Bertz CT molecular complexity index is 824. The van der Waals surface area contributed by atoms with Crippen LogP contribution in [0.4, 0.5) is 5.69 Å². The Labute approximate surface area is 189 Å². The number of carbonyl (C=O) groups is 2. The summed E-state index contributed by atoms with van der Waals surface area (Å²) in [5.74, 6) is 0.692. The van der Waals surface area contributed by atoms with Crippen molar-refractivity contribution in [3.05, 3.63) is 23.8 Å². The number of aliphatic hydroxyl groups is 1. The van der Waals surface area contributed by atoms with Gasteiger partial charge in [-0.3, -0.25) is 9.59 Å². The fourth-order valence-electron chi connectivity index (χ4n) is 5.19. The third kappa shape index (κ3) is 5.42. The minimum atomic E-state index is -0.486. The first-order chi connectivity index (χ1) is 15.4. The largest absolute Gasteiger partial charge is 0.487 e. The Hall–Kier alpha value is -2.16. The molecule has 1 aromatic rings. The molecule has 2 fully saturated rings. The lowest BCUT2D eigenvalue weighted by Gasteiger charge is -2.37. The average Bonchev–Trinajstić information content (AvgIpc) is 3.11. The number of benzene rings is 1. The van der Waals surface area contributed by atoms with Gasteiger partial charge in [0.15, 0.2) is 0 Å². The van der Waals surface area contributed by atoms with E-state index in [4.69, 9.17) is 9.47 Å². The topological polar surface area (TPSA) is 100 Å². The minimum Gasteiger partial charge on any atom is -0.487 e. The van der Waals surface area contributed by atoms with E-state index in [1.807, 2.05) is 37.2 Å². The highest BCUT2D eigenvalue weighted by Gasteiger charge is 2.46. The van der Waals surface area contributed by atoms with E-state index >= 15 is 0 Å². The van der Waals surface area contributed by atoms with Crippen LogP contribution >= 0.6 is 0 Å². The number of likely N-dealkylation sites (N-methyl/N-ethyl adjacent to an activating group) is 1. The van der Waals surface area contributed by atoms with E-state index in [0.717, 1.165) is 29.8 Å². The van der Waals surface area contributed by atoms with E-state index in [9.17, 15) is 14.7 Å². The first kappa shape index (κ1) is 23.0. The molecule has 0 unspecified atom stereocenters. The van der Waals surface area contributed by atoms with Crippen molar-refractivity contribution in [3.8, 4) is 5.75 Å². The molecule has 1 aromatic carbocycles. The number of hydrogen-bond acceptors (Lipinski definition) is 6. The first-order valence-electron chi connectivity index (χ1n) is 11.7. The molecule has 0 spiro atoms. The fourth-order valence-corrected chi connectivity index (χ4v) is 5.19. The Kier molecular flexibility index (Phi) is 7.33. The van der Waals surface area contributed by atoms with E-state index in [1.54, 1.807) is 0 Å². The second-order valence-corrected chi connectivity index (χ2v) is 9.55. The van der Waals surface area contributed by atoms with Gasteiger partial charge in [-0.2, -0.15) is 0 Å². The number of anilines is 1. The maximum absolute atomic E-state index is 12.6. The van der Waals surface area contributed by atoms with E-state index in [1.165, 1.54) is 19.3 Å². The number of hydrogen-bond donors (Lipinski definition) is 3. The van der Waals surface area contributed by atoms with Crippen LogP contribution in [-0.4, -0.2) is 73.4 Å². The van der Waals surface area contributed by atoms with Crippen LogP contribution in [0.15, 0.2) is 18.2 Å². The van der Waals surface area contributed by atoms with Gasteiger partial charge in [0.2, 0.25) is 11.8 Å². The van der Waals surface area contributed by atoms with Crippen molar-refractivity contribution >= 4 is 17.5 Å². The van der Waals surface area contributed by atoms with Crippen LogP contribution in [0.5, 0.6) is 5.75 Å². The quantitative estimate of drug-likeness (QED) is 0.594. The zero-order chi connectivity index (χ0) is 22.7. The van der Waals surface area contributed by atoms with Gasteiger partial charge in [-0.25, -0.2) is 0 Å². The molecular weight excluding hydrogens is 410 g/mol. The van der Waals surface area contributed by atoms with E-state index in [0.29, 0.717) is 13.0 Å². The van der Waals surface area contributed by atoms with E-state index in [-0.39, 0.29) is 49.0 Å². The van der Waals surface area contributed by atoms with Gasteiger partial charge >= 0.3 is 0 Å². The monoisotopic (exact) mass is 445 g/mol. The van der Waals surface area contributed by atoms with Crippen LogP contribution in [0.25, 0.3) is 0 Å². The summed E-state index contributed by atoms with van der Waals surface area (Å²) < 4.78 is 12.2. The standard InChI is InChI=1S/C24H35N3O5/c1-27(2)13-23(30)26-16-8-9-20-18(10-16)19-11-17(31-21(14-28)24(19)32-20)12-22(29)25-15-6-4-3-5-7-15/h8-10,15,17,19,21,24,28H,3-7,11-14H2,1-2H3,(H,25,29)(H,26,30)/t17-,19-,21+,24+/m1/s1. The zero-order valence-corrected chi connectivity index (χ0v) is 19.0. The minimum absolute atomic E-state index is 0.00841. The average molecular weight is 446 g/mol. The van der Waals surface area contributed by atoms with Gasteiger partial charge in [-0.05, 0) is 51.6 Å². The summed E-state index contributed by atoms with van der Waals surface area (Å²) in [6, 6.07) is 5.91. The summed E-state index contributed by atoms with van der Waals surface area (Å²) in [4.78, 5) is 26.6. The molecule has 2 aliphatic heterocycles. The molecule has 0 aromatic heterocycles. The molecule has 176 valence electrons. The molecule has 0 radical (unpaired) electrons. The highest BCUT2D eigenvalue weighted by molar-refractivity contribution is 5.92. The maximum Gasteiger partial charge on any atom is 0.238 e. The van der Waals surface area contributed by atoms with Gasteiger partial charge in [-0.15, -0.1) is 0 Å². The highest BCUT2D eigenvalue weighted by atomic mass is 16.6. The number of ether oxygens (including phenoxy) is 2. The molecule has 2 heterocycles. The van der Waals surface area contributed by atoms with Crippen molar-refractivity contribution in [3.63, 3.8) is 0 Å². The van der Waals surface area contributed by atoms with E-state index < -0.39 is 6.10 Å². The fraction of sp³-hybridized carbons (Fsp3) is 0.667. The van der Waals surface area contributed by atoms with Crippen LogP contribution < -0.4 is 15.4 Å². The lowest BCUT2D eigenvalue weighted by atomic mass is 9.84. The molecule has 3 aliphatic rings. The lowest BCUT2D eigenvalue weighted by Crippen LogP contribution is -2.48. The van der Waals surface area contributed by atoms with Crippen LogP contribution in [0.1, 0.15) is 56.4 Å². The summed E-state index contributed by atoms with van der Waals surface area (Å²) in [6.07, 6.45) is 5.54. The van der Waals surface area contributed by atoms with Crippen molar-refractivity contribution < 1.29 is 24.2 Å². The van der Waals surface area contributed by atoms with Crippen molar-refractivity contribution in [1.82, 2.24) is 10.2 Å². The number of aliphatic hydroxyl groups excluding tert-OH is 1. The van der Waals surface area contributed by atoms with Crippen molar-refractivity contribution in [1.29, 1.82) is 0 Å². The number of nitrogens with one attached hydrogen (secondary N) is 2. The summed E-state index contributed by atoms with van der Waals surface area (Å²) in [5.41, 5.74) is 1.72. The first-order valence-corrected chi connectivity index (χ1v) is 11.7. The number of nitrogens with zero attached hydrogens (tertiary/aromatic N) is 1. The normalized spacial score (nSPS) is 27.4. The molecule has 4 atom stereocenters. The summed E-state index contributed by atoms with van der Waals surface area (Å²) in [6.45, 7) is 0.139. The van der Waals surface area contributed by atoms with Crippen LogP contribution in [0.3, 0.4) is 0 Å². The van der Waals surface area contributed by atoms with Crippen LogP contribution in [0, 0.1) is 0 Å². The van der Waals surface area contributed by atoms with Crippen molar-refractivity contribution in [2.45, 2.75) is 75.2 Å². The van der Waals surface area contributed by atoms with Crippen LogP contribution in [-0.2, 0) is 14.3 Å². The number of carbonyl (C=O) groups excluding carboxylic acids is 2. The third-order valence-electron chi connectivity index (χ3n) is 6.63. The molecule has 1 aliphatic carbocycles. The second-order valence-electron chi connectivity index (χ2n) is 9.55. The molecule has 32 heavy (non-hydrogen) atoms. The van der Waals surface area contributed by atoms with Crippen molar-refractivity contribution in [2.24, 2.45) is 0 Å². The molecule has 2 amide bonds. The Morgan fingerprint density at radius 1 is 1.16 bits per heavy atom. The molecule has 8 nitrogen and oxygen atoms in total. The van der Waals surface area contributed by atoms with Gasteiger partial charge in [0.05, 0.1) is 25.7 Å². The summed E-state index contributed by atoms with van der Waals surface area (Å²) >= 11 is 0. The molecule has 3 N–H and O–H groups in total. The number of amides is 2. The number of rotatable bonds is 7. The highest BCUT2D eigenvalue weighted by Crippen LogP contribution is 2.47. The van der Waals surface area contributed by atoms with Gasteiger partial charge in [0, 0.05) is 23.2 Å². The second kappa shape index (κ2) is 10.2. The molecule has 4 rings (SSSR count). The maximum atomic E-state index is 12.6. The third-order valence-corrected chi connectivity index (χ3v) is 6.63. The predicted octanol–water partition coefficient (Wildman–Crippen LogP) is 2.02. The Balaban J connectivity index is 1.43. The molecular formula is C24H35N3O5. The summed E-state index contributed by atoms with van der Waals surface area (Å²) in [5, 5.41) is 16.0. The number of fused-ring (bicyclic) bond motifs is 3. The van der Waals surface area contributed by atoms with Gasteiger partial charge in [0.25, 0.3) is 0 Å². The van der Waals surface area contributed by atoms with Gasteiger partial charge in [-0.1, -0.05) is 19.3 Å². The smallest absolute Gasteiger partial charge is 0.238 e. The van der Waals surface area contributed by atoms with E-state index in [2.05, 4.69) is 10.6 Å². The summed E-state index contributed by atoms with van der Waals surface area (Å²) in [7, 11) is 3.70. The molecule has 1 saturated carbocycles. The van der Waals surface area contributed by atoms with Gasteiger partial charge < -0.3 is 30.1 Å². The SMILES string of the molecule is CN(C)CC(=O)Nc1ccc2c(c1)[C@H]1C[C@H](CC(=O)NC3CCCCC3)O[C@@H](CO)[C@H]1O2. The molecule has 1 saturated heterocycles. The predicted molar refractivity (Wildman–Crippen MR) is 121 cm³/mol. The van der Waals surface area contributed by atoms with Gasteiger partial charge in [0.1, 0.15) is 18.0 Å².